The first-order valence-corrected chi connectivity index (χ1v) is 10.0. The summed E-state index contributed by atoms with van der Waals surface area (Å²) in [5.74, 6) is -0.526. The minimum absolute atomic E-state index is 0.252. The number of nitrogens with one attached hydrogen (secondary N) is 2. The molecular weight excluding hydrogens is 374 g/mol. The fraction of sp³-hybridized carbons (Fsp3) is 0.364. The number of aryl methyl sites for hydroxylation is 1. The third-order valence-corrected chi connectivity index (χ3v) is 5.56. The number of hydrogen-bond acceptors (Lipinski definition) is 3. The van der Waals surface area contributed by atoms with E-state index in [1.165, 1.54) is 0 Å². The van der Waals surface area contributed by atoms with Gasteiger partial charge in [0.1, 0.15) is 5.41 Å². The van der Waals surface area contributed by atoms with Crippen LogP contribution in [0.1, 0.15) is 32.3 Å². The molecule has 3 rings (SSSR count). The SMILES string of the molecule is CCN(CC)c1ccc(NC(=O)C2(C(=O)Nc3ccc(Cl)cc3)CC2)c(C)c1. The molecular formula is C22H26ClN3O2. The maximum atomic E-state index is 12.9. The number of carbonyl (C=O) groups excluding carboxylic acids is 2. The first kappa shape index (κ1) is 20.2. The van der Waals surface area contributed by atoms with Crippen LogP contribution in [0.15, 0.2) is 42.5 Å². The molecule has 1 aliphatic carbocycles. The minimum atomic E-state index is -0.996. The largest absolute Gasteiger partial charge is 0.372 e. The number of anilines is 3. The number of hydrogen-bond donors (Lipinski definition) is 2. The zero-order valence-electron chi connectivity index (χ0n) is 16.5. The molecule has 0 spiro atoms. The van der Waals surface area contributed by atoms with Crippen molar-refractivity contribution in [2.45, 2.75) is 33.6 Å². The van der Waals surface area contributed by atoms with E-state index < -0.39 is 5.41 Å². The molecule has 1 fully saturated rings. The molecule has 2 N–H and O–H groups in total. The van der Waals surface area contributed by atoms with Gasteiger partial charge in [0.25, 0.3) is 0 Å². The quantitative estimate of drug-likeness (QED) is 0.654. The standard InChI is InChI=1S/C22H26ClN3O2/c1-4-26(5-2)18-10-11-19(15(3)14-18)25-21(28)22(12-13-22)20(27)24-17-8-6-16(23)7-9-17/h6-11,14H,4-5,12-13H2,1-3H3,(H,24,27)(H,25,28). The van der Waals surface area contributed by atoms with Crippen molar-refractivity contribution >= 4 is 40.5 Å². The molecule has 2 aromatic carbocycles. The van der Waals surface area contributed by atoms with Crippen molar-refractivity contribution in [1.82, 2.24) is 0 Å². The van der Waals surface area contributed by atoms with Gasteiger partial charge in [-0.15, -0.1) is 0 Å². The third-order valence-electron chi connectivity index (χ3n) is 5.31. The van der Waals surface area contributed by atoms with Gasteiger partial charge in [-0.3, -0.25) is 9.59 Å². The van der Waals surface area contributed by atoms with Crippen LogP contribution in [0.4, 0.5) is 17.1 Å². The fourth-order valence-electron chi connectivity index (χ4n) is 3.28. The summed E-state index contributed by atoms with van der Waals surface area (Å²) in [6, 6.07) is 12.8. The summed E-state index contributed by atoms with van der Waals surface area (Å²) in [6.07, 6.45) is 1.10. The predicted molar refractivity (Wildman–Crippen MR) is 115 cm³/mol. The molecule has 5 nitrogen and oxygen atoms in total. The number of amides is 2. The van der Waals surface area contributed by atoms with Crippen LogP contribution in [0.2, 0.25) is 5.02 Å². The molecule has 0 heterocycles. The van der Waals surface area contributed by atoms with Gasteiger partial charge in [-0.2, -0.15) is 0 Å². The van der Waals surface area contributed by atoms with E-state index in [0.29, 0.717) is 23.6 Å². The fourth-order valence-corrected chi connectivity index (χ4v) is 3.41. The van der Waals surface area contributed by atoms with E-state index in [4.69, 9.17) is 11.6 Å². The van der Waals surface area contributed by atoms with E-state index in [1.54, 1.807) is 24.3 Å². The summed E-state index contributed by atoms with van der Waals surface area (Å²) in [5.41, 5.74) is 2.48. The zero-order valence-corrected chi connectivity index (χ0v) is 17.3. The van der Waals surface area contributed by atoms with Gasteiger partial charge >= 0.3 is 0 Å². The van der Waals surface area contributed by atoms with E-state index >= 15 is 0 Å². The number of carbonyl (C=O) groups is 2. The molecule has 1 aliphatic rings. The lowest BCUT2D eigenvalue weighted by Gasteiger charge is -2.22. The van der Waals surface area contributed by atoms with E-state index in [-0.39, 0.29) is 11.8 Å². The van der Waals surface area contributed by atoms with Gasteiger partial charge in [0, 0.05) is 35.2 Å². The lowest BCUT2D eigenvalue weighted by molar-refractivity contribution is -0.131. The van der Waals surface area contributed by atoms with E-state index in [1.807, 2.05) is 19.1 Å². The van der Waals surface area contributed by atoms with Crippen molar-refractivity contribution in [2.24, 2.45) is 5.41 Å². The number of nitrogens with zero attached hydrogens (tertiary/aromatic N) is 1. The highest BCUT2D eigenvalue weighted by Crippen LogP contribution is 2.47. The minimum Gasteiger partial charge on any atom is -0.372 e. The van der Waals surface area contributed by atoms with Gasteiger partial charge in [-0.05, 0) is 81.6 Å². The number of rotatable bonds is 7. The average Bonchev–Trinajstić information content (AvgIpc) is 3.49. The van der Waals surface area contributed by atoms with Crippen LogP contribution in [0.25, 0.3) is 0 Å². The van der Waals surface area contributed by atoms with Gasteiger partial charge in [-0.25, -0.2) is 0 Å². The first-order chi connectivity index (χ1) is 13.4. The molecule has 0 unspecified atom stereocenters. The van der Waals surface area contributed by atoms with Crippen LogP contribution >= 0.6 is 11.6 Å². The van der Waals surface area contributed by atoms with Crippen LogP contribution in [-0.2, 0) is 9.59 Å². The second kappa shape index (κ2) is 8.23. The Morgan fingerprint density at radius 3 is 2.14 bits per heavy atom. The predicted octanol–water partition coefficient (Wildman–Crippen LogP) is 4.85. The molecule has 0 aromatic heterocycles. The topological polar surface area (TPSA) is 61.4 Å². The van der Waals surface area contributed by atoms with Crippen LogP contribution in [0.5, 0.6) is 0 Å². The monoisotopic (exact) mass is 399 g/mol. The molecule has 0 atom stereocenters. The highest BCUT2D eigenvalue weighted by atomic mass is 35.5. The number of benzene rings is 2. The Morgan fingerprint density at radius 1 is 1.00 bits per heavy atom. The summed E-state index contributed by atoms with van der Waals surface area (Å²) in [7, 11) is 0. The Bertz CT molecular complexity index is 872. The summed E-state index contributed by atoms with van der Waals surface area (Å²) in [6.45, 7) is 8.05. The van der Waals surface area contributed by atoms with Crippen molar-refractivity contribution < 1.29 is 9.59 Å². The van der Waals surface area contributed by atoms with Gasteiger partial charge in [0.2, 0.25) is 11.8 Å². The molecule has 0 saturated heterocycles. The molecule has 2 aromatic rings. The summed E-state index contributed by atoms with van der Waals surface area (Å²) < 4.78 is 0. The maximum absolute atomic E-state index is 12.9. The van der Waals surface area contributed by atoms with E-state index in [2.05, 4.69) is 35.4 Å². The highest BCUT2D eigenvalue weighted by molar-refractivity contribution is 6.30. The summed E-state index contributed by atoms with van der Waals surface area (Å²) in [5, 5.41) is 6.38. The van der Waals surface area contributed by atoms with Gasteiger partial charge < -0.3 is 15.5 Å². The zero-order chi connectivity index (χ0) is 20.3. The molecule has 28 heavy (non-hydrogen) atoms. The Balaban J connectivity index is 1.70. The maximum Gasteiger partial charge on any atom is 0.240 e. The summed E-state index contributed by atoms with van der Waals surface area (Å²) >= 11 is 5.88. The average molecular weight is 400 g/mol. The summed E-state index contributed by atoms with van der Waals surface area (Å²) in [4.78, 5) is 27.8. The molecule has 0 aliphatic heterocycles. The van der Waals surface area contributed by atoms with Crippen molar-refractivity contribution in [2.75, 3.05) is 28.6 Å². The normalized spacial score (nSPS) is 14.3. The first-order valence-electron chi connectivity index (χ1n) is 9.63. The second-order valence-corrected chi connectivity index (χ2v) is 7.61. The number of halogens is 1. The Morgan fingerprint density at radius 2 is 1.61 bits per heavy atom. The Hall–Kier alpha value is -2.53. The van der Waals surface area contributed by atoms with Gasteiger partial charge in [-0.1, -0.05) is 11.6 Å². The van der Waals surface area contributed by atoms with Crippen molar-refractivity contribution in [3.8, 4) is 0 Å². The Kier molecular flexibility index (Phi) is 5.94. The van der Waals surface area contributed by atoms with Crippen LogP contribution in [-0.4, -0.2) is 24.9 Å². The second-order valence-electron chi connectivity index (χ2n) is 7.17. The highest BCUT2D eigenvalue weighted by Gasteiger charge is 2.56. The lowest BCUT2D eigenvalue weighted by atomic mass is 10.0. The van der Waals surface area contributed by atoms with Crippen LogP contribution < -0.4 is 15.5 Å². The lowest BCUT2D eigenvalue weighted by Crippen LogP contribution is -2.35. The Labute approximate surface area is 171 Å². The van der Waals surface area contributed by atoms with Crippen molar-refractivity contribution in [3.05, 3.63) is 53.1 Å². The molecule has 0 radical (unpaired) electrons. The van der Waals surface area contributed by atoms with Crippen LogP contribution in [0, 0.1) is 12.3 Å². The van der Waals surface area contributed by atoms with Gasteiger partial charge in [0.05, 0.1) is 0 Å². The molecule has 148 valence electrons. The molecule has 6 heteroatoms. The van der Waals surface area contributed by atoms with Gasteiger partial charge in [0.15, 0.2) is 0 Å². The smallest absolute Gasteiger partial charge is 0.240 e. The molecule has 0 bridgehead atoms. The molecule has 1 saturated carbocycles. The van der Waals surface area contributed by atoms with E-state index in [9.17, 15) is 9.59 Å². The third kappa shape index (κ3) is 4.14. The van der Waals surface area contributed by atoms with Crippen LogP contribution in [0.3, 0.4) is 0 Å². The van der Waals surface area contributed by atoms with Crippen molar-refractivity contribution in [3.63, 3.8) is 0 Å². The molecule has 2 amide bonds. The van der Waals surface area contributed by atoms with Crippen molar-refractivity contribution in [1.29, 1.82) is 0 Å². The van der Waals surface area contributed by atoms with E-state index in [0.717, 1.165) is 30.0 Å².